The van der Waals surface area contributed by atoms with Crippen molar-refractivity contribution < 1.29 is 22.4 Å². The number of amides is 2. The van der Waals surface area contributed by atoms with Crippen molar-refractivity contribution in [3.05, 3.63) is 95.8 Å². The summed E-state index contributed by atoms with van der Waals surface area (Å²) in [6.07, 6.45) is 0.329. The number of carbonyl (C=O) groups excluding carboxylic acids is 2. The van der Waals surface area contributed by atoms with Gasteiger partial charge in [-0.3, -0.25) is 13.9 Å². The number of nitrogens with one attached hydrogen (secondary N) is 1. The fourth-order valence-electron chi connectivity index (χ4n) is 4.12. The van der Waals surface area contributed by atoms with Gasteiger partial charge < -0.3 is 10.2 Å². The Morgan fingerprint density at radius 2 is 1.51 bits per heavy atom. The minimum Gasteiger partial charge on any atom is -0.350 e. The highest BCUT2D eigenvalue weighted by Gasteiger charge is 2.34. The van der Waals surface area contributed by atoms with Crippen molar-refractivity contribution in [1.29, 1.82) is 0 Å². The predicted octanol–water partition coefficient (Wildman–Crippen LogP) is 5.05. The molecule has 0 aromatic heterocycles. The normalized spacial score (nSPS) is 12.5. The second kappa shape index (κ2) is 12.4. The molecule has 0 spiro atoms. The van der Waals surface area contributed by atoms with Gasteiger partial charge in [0.25, 0.3) is 10.0 Å². The Labute approximate surface area is 230 Å². The molecule has 7 nitrogen and oxygen atoms in total. The molecule has 0 saturated carbocycles. The maximum absolute atomic E-state index is 14.0. The maximum atomic E-state index is 14.0. The van der Waals surface area contributed by atoms with Gasteiger partial charge in [0, 0.05) is 12.1 Å². The van der Waals surface area contributed by atoms with Gasteiger partial charge in [0.2, 0.25) is 11.8 Å². The van der Waals surface area contributed by atoms with Crippen LogP contribution in [-0.4, -0.2) is 43.3 Å². The first-order valence-corrected chi connectivity index (χ1v) is 14.3. The van der Waals surface area contributed by atoms with E-state index in [1.807, 2.05) is 58.9 Å². The van der Waals surface area contributed by atoms with E-state index in [1.54, 1.807) is 30.3 Å². The highest BCUT2D eigenvalue weighted by Crippen LogP contribution is 2.25. The molecule has 1 unspecified atom stereocenters. The summed E-state index contributed by atoms with van der Waals surface area (Å²) in [4.78, 5) is 28.6. The summed E-state index contributed by atoms with van der Waals surface area (Å²) in [6, 6.07) is 19.5. The summed E-state index contributed by atoms with van der Waals surface area (Å²) >= 11 is 0. The molecule has 208 valence electrons. The zero-order chi connectivity index (χ0) is 28.8. The molecule has 0 saturated heterocycles. The van der Waals surface area contributed by atoms with Gasteiger partial charge in [-0.15, -0.1) is 0 Å². The van der Waals surface area contributed by atoms with E-state index in [4.69, 9.17) is 0 Å². The molecule has 1 N–H and O–H groups in total. The van der Waals surface area contributed by atoms with Crippen LogP contribution in [0, 0.1) is 12.7 Å². The van der Waals surface area contributed by atoms with E-state index in [2.05, 4.69) is 5.32 Å². The van der Waals surface area contributed by atoms with Gasteiger partial charge in [0.1, 0.15) is 18.4 Å². The second-order valence-corrected chi connectivity index (χ2v) is 12.3. The van der Waals surface area contributed by atoms with Crippen LogP contribution in [-0.2, 0) is 26.2 Å². The van der Waals surface area contributed by atoms with Crippen LogP contribution < -0.4 is 9.62 Å². The first-order valence-electron chi connectivity index (χ1n) is 12.8. The van der Waals surface area contributed by atoms with Crippen LogP contribution in [0.1, 0.15) is 45.2 Å². The van der Waals surface area contributed by atoms with Crippen molar-refractivity contribution in [1.82, 2.24) is 10.2 Å². The Morgan fingerprint density at radius 3 is 2.05 bits per heavy atom. The van der Waals surface area contributed by atoms with Gasteiger partial charge in [0.05, 0.1) is 10.6 Å². The number of benzene rings is 3. The van der Waals surface area contributed by atoms with Crippen molar-refractivity contribution in [2.75, 3.05) is 10.8 Å². The third kappa shape index (κ3) is 7.89. The largest absolute Gasteiger partial charge is 0.350 e. The number of para-hydroxylation sites is 1. The van der Waals surface area contributed by atoms with Gasteiger partial charge in [-0.1, -0.05) is 55.0 Å². The van der Waals surface area contributed by atoms with Crippen LogP contribution in [0.2, 0.25) is 0 Å². The fourth-order valence-corrected chi connectivity index (χ4v) is 5.53. The minimum atomic E-state index is -4.24. The molecule has 3 aromatic carbocycles. The third-order valence-corrected chi connectivity index (χ3v) is 7.87. The van der Waals surface area contributed by atoms with Crippen LogP contribution in [0.15, 0.2) is 83.8 Å². The lowest BCUT2D eigenvalue weighted by atomic mass is 10.1. The van der Waals surface area contributed by atoms with E-state index in [0.29, 0.717) is 6.42 Å². The molecule has 3 rings (SSSR count). The van der Waals surface area contributed by atoms with Crippen molar-refractivity contribution in [3.63, 3.8) is 0 Å². The molecule has 1 atom stereocenters. The summed E-state index contributed by atoms with van der Waals surface area (Å²) in [6.45, 7) is 8.91. The summed E-state index contributed by atoms with van der Waals surface area (Å²) < 4.78 is 42.0. The Balaban J connectivity index is 2.04. The number of aryl methyl sites for hydroxylation is 1. The van der Waals surface area contributed by atoms with E-state index >= 15 is 0 Å². The van der Waals surface area contributed by atoms with Crippen LogP contribution in [0.3, 0.4) is 0 Å². The predicted molar refractivity (Wildman–Crippen MR) is 151 cm³/mol. The first kappa shape index (κ1) is 29.8. The lowest BCUT2D eigenvalue weighted by Crippen LogP contribution is -2.55. The number of hydrogen-bond acceptors (Lipinski definition) is 4. The number of anilines is 1. The average Bonchev–Trinajstić information content (AvgIpc) is 2.87. The minimum absolute atomic E-state index is 0.119. The van der Waals surface area contributed by atoms with Crippen LogP contribution in [0.5, 0.6) is 0 Å². The van der Waals surface area contributed by atoms with Crippen LogP contribution >= 0.6 is 0 Å². The van der Waals surface area contributed by atoms with Gasteiger partial charge in [-0.05, 0) is 76.1 Å². The number of rotatable bonds is 10. The molecule has 0 aliphatic rings. The van der Waals surface area contributed by atoms with Crippen molar-refractivity contribution in [2.45, 2.75) is 64.1 Å². The van der Waals surface area contributed by atoms with Crippen molar-refractivity contribution in [2.24, 2.45) is 0 Å². The van der Waals surface area contributed by atoms with Crippen LogP contribution in [0.4, 0.5) is 10.1 Å². The first-order chi connectivity index (χ1) is 18.3. The summed E-state index contributed by atoms with van der Waals surface area (Å²) in [5.74, 6) is -1.43. The summed E-state index contributed by atoms with van der Waals surface area (Å²) in [5.41, 5.74) is 1.61. The lowest BCUT2D eigenvalue weighted by Gasteiger charge is -2.34. The second-order valence-electron chi connectivity index (χ2n) is 10.5. The molecule has 0 fully saturated rings. The molecule has 0 aliphatic carbocycles. The van der Waals surface area contributed by atoms with E-state index in [-0.39, 0.29) is 23.0 Å². The van der Waals surface area contributed by atoms with Crippen LogP contribution in [0.25, 0.3) is 0 Å². The highest BCUT2D eigenvalue weighted by atomic mass is 32.2. The molecular weight excluding hydrogens is 517 g/mol. The number of halogens is 1. The lowest BCUT2D eigenvalue weighted by molar-refractivity contribution is -0.141. The number of hydrogen-bond donors (Lipinski definition) is 1. The monoisotopic (exact) mass is 553 g/mol. The molecule has 3 aromatic rings. The highest BCUT2D eigenvalue weighted by molar-refractivity contribution is 7.92. The molecule has 0 aliphatic heterocycles. The maximum Gasteiger partial charge on any atom is 0.264 e. The van der Waals surface area contributed by atoms with E-state index in [9.17, 15) is 22.4 Å². The fraction of sp³-hybridized carbons (Fsp3) is 0.333. The standard InChI is InChI=1S/C30H36FN3O4S/c1-6-27(29(36)32-30(3,4)5)33(20-23-14-12-22(2)13-15-23)28(35)21-34(25-10-8-7-9-11-25)39(37,38)26-18-16-24(31)17-19-26/h7-19,27H,6,20-21H2,1-5H3,(H,32,36). The zero-order valence-electron chi connectivity index (χ0n) is 23.0. The van der Waals surface area contributed by atoms with Gasteiger partial charge in [0.15, 0.2) is 0 Å². The average molecular weight is 554 g/mol. The number of nitrogens with zero attached hydrogens (tertiary/aromatic N) is 2. The third-order valence-electron chi connectivity index (χ3n) is 6.08. The molecule has 2 amide bonds. The number of sulfonamides is 1. The van der Waals surface area contributed by atoms with E-state index in [1.165, 1.54) is 17.0 Å². The Kier molecular flexibility index (Phi) is 9.50. The summed E-state index contributed by atoms with van der Waals surface area (Å²) in [7, 11) is -4.24. The zero-order valence-corrected chi connectivity index (χ0v) is 23.8. The van der Waals surface area contributed by atoms with Crippen molar-refractivity contribution in [3.8, 4) is 0 Å². The Morgan fingerprint density at radius 1 is 0.923 bits per heavy atom. The van der Waals surface area contributed by atoms with E-state index in [0.717, 1.165) is 27.6 Å². The topological polar surface area (TPSA) is 86.8 Å². The molecule has 0 heterocycles. The Hall–Kier alpha value is -3.72. The molecule has 0 bridgehead atoms. The smallest absolute Gasteiger partial charge is 0.264 e. The van der Waals surface area contributed by atoms with Gasteiger partial charge in [-0.25, -0.2) is 12.8 Å². The molecule has 39 heavy (non-hydrogen) atoms. The van der Waals surface area contributed by atoms with Gasteiger partial charge >= 0.3 is 0 Å². The van der Waals surface area contributed by atoms with Gasteiger partial charge in [-0.2, -0.15) is 0 Å². The van der Waals surface area contributed by atoms with E-state index < -0.39 is 39.9 Å². The van der Waals surface area contributed by atoms with Crippen molar-refractivity contribution >= 4 is 27.5 Å². The SMILES string of the molecule is CCC(C(=O)NC(C)(C)C)N(Cc1ccc(C)cc1)C(=O)CN(c1ccccc1)S(=O)(=O)c1ccc(F)cc1. The molecule has 0 radical (unpaired) electrons. The molecular formula is C30H36FN3O4S. The molecule has 9 heteroatoms. The quantitative estimate of drug-likeness (QED) is 0.381. The Bertz CT molecular complexity index is 1370. The summed E-state index contributed by atoms with van der Waals surface area (Å²) in [5, 5.41) is 2.95. The number of carbonyl (C=O) groups is 2.